The molecule has 0 heterocycles. The Morgan fingerprint density at radius 3 is 1.34 bits per heavy atom. The molecule has 0 spiro atoms. The van der Waals surface area contributed by atoms with Crippen molar-refractivity contribution >= 4 is 28.3 Å². The van der Waals surface area contributed by atoms with Crippen LogP contribution in [0, 0.1) is 22.7 Å². The predicted octanol–water partition coefficient (Wildman–Crippen LogP) is 9.67. The van der Waals surface area contributed by atoms with Gasteiger partial charge in [0.15, 0.2) is 27.7 Å². The van der Waals surface area contributed by atoms with E-state index in [4.69, 9.17) is 14.6 Å². The van der Waals surface area contributed by atoms with Gasteiger partial charge in [-0.25, -0.2) is 0 Å². The van der Waals surface area contributed by atoms with Gasteiger partial charge < -0.3 is 14.7 Å². The number of nitrogens with zero attached hydrogens (tertiary/aromatic N) is 4. The molecule has 256 valence electrons. The molecule has 0 aromatic rings. The first kappa shape index (κ1) is 77.3. The number of rotatable bonds is 11. The fraction of sp³-hybridized carbons (Fsp3) is 0.867. The number of carbonyl (C=O) groups is 2. The number of nitrogens with one attached hydrogen (secondary N) is 2. The Bertz CT molecular complexity index is 720. The highest BCUT2D eigenvalue weighted by Gasteiger charge is 2.32. The summed E-state index contributed by atoms with van der Waals surface area (Å²) in [4.78, 5) is 22.3. The van der Waals surface area contributed by atoms with E-state index in [9.17, 15) is 9.59 Å². The van der Waals surface area contributed by atoms with Crippen LogP contribution < -0.4 is 10.6 Å². The molecule has 2 N–H and O–H groups in total. The van der Waals surface area contributed by atoms with E-state index < -0.39 is 27.7 Å². The van der Waals surface area contributed by atoms with Gasteiger partial charge in [-0.3, -0.25) is 9.59 Å². The molecule has 1 amide bonds. The zero-order valence-corrected chi connectivity index (χ0v) is 22.8. The van der Waals surface area contributed by atoms with Gasteiger partial charge in [-0.1, -0.05) is 81.2 Å². The number of Topliss-reactive ketones (excluding diaryl/α,β-unsaturated/α-hetero) is 1. The summed E-state index contributed by atoms with van der Waals surface area (Å²) in [5.41, 5.74) is -2.67. The molecule has 2 atom stereocenters. The second kappa shape index (κ2) is 34.3. The van der Waals surface area contributed by atoms with E-state index in [0.717, 1.165) is 6.17 Å². The summed E-state index contributed by atoms with van der Waals surface area (Å²) in [5, 5.41) is 31.2. The largest absolute Gasteiger partial charge is 0.455 e. The lowest BCUT2D eigenvalue weighted by Gasteiger charge is -2.33. The molecule has 0 bridgehead atoms. The normalized spacial score (nSPS) is 11.7. The number of ketones is 1. The molecular formula is C30H80N6O3Si2. The smallest absolute Gasteiger partial charge is 0.223 e. The SMILES string of the molecule is C.C.C.C.C.C.C.C.C.C.CC[Si](C)(C)O[Si](C)(C)CNC.CNC(=O)CC(C)(C#N)N=NC(C)(C#N)CC(C)=O. The van der Waals surface area contributed by atoms with Crippen molar-refractivity contribution < 1.29 is 13.7 Å². The summed E-state index contributed by atoms with van der Waals surface area (Å²) in [6, 6.07) is 4.98. The first-order valence-corrected chi connectivity index (χ1v) is 16.6. The van der Waals surface area contributed by atoms with Gasteiger partial charge in [-0.05, 0) is 60.1 Å². The van der Waals surface area contributed by atoms with Crippen LogP contribution in [0.3, 0.4) is 0 Å². The van der Waals surface area contributed by atoms with Gasteiger partial charge >= 0.3 is 0 Å². The highest BCUT2D eigenvalue weighted by molar-refractivity contribution is 6.84. The standard InChI is InChI=1S/C12H17N5O2.C8H23NOSi2.10CH4/c1-9(18)5-11(2,7-13)16-17-12(3,8-14)6-10(19)15-4;1-7-11(3,4)10-12(5,6)8-9-2;;;;;;;;;;/h5-6H2,1-4H3,(H,15,19);9H,7-8H2,1-6H3;10*1H4. The molecule has 2 unspecified atom stereocenters. The average Bonchev–Trinajstić information content (AvgIpc) is 2.65. The van der Waals surface area contributed by atoms with E-state index in [-0.39, 0.29) is 98.8 Å². The van der Waals surface area contributed by atoms with E-state index in [2.05, 4.69) is 54.0 Å². The third-order valence-corrected chi connectivity index (χ3v) is 11.7. The van der Waals surface area contributed by atoms with Gasteiger partial charge in [0.1, 0.15) is 5.78 Å². The quantitative estimate of drug-likeness (QED) is 0.172. The van der Waals surface area contributed by atoms with E-state index in [1.54, 1.807) is 0 Å². The van der Waals surface area contributed by atoms with Crippen LogP contribution >= 0.6 is 0 Å². The topological polar surface area (TPSA) is 140 Å². The van der Waals surface area contributed by atoms with Gasteiger partial charge in [0.05, 0.1) is 18.6 Å². The third-order valence-electron chi connectivity index (χ3n) is 4.36. The van der Waals surface area contributed by atoms with Crippen LogP contribution in [-0.4, -0.2) is 59.7 Å². The summed E-state index contributed by atoms with van der Waals surface area (Å²) in [7, 11) is 0.712. The Balaban J connectivity index is -0.0000000347. The zero-order valence-electron chi connectivity index (χ0n) is 20.8. The zero-order chi connectivity index (χ0) is 24.9. The Morgan fingerprint density at radius 2 is 1.10 bits per heavy atom. The number of hydrogen-bond acceptors (Lipinski definition) is 8. The summed E-state index contributed by atoms with van der Waals surface area (Å²) in [6.07, 6.45) is 0.809. The van der Waals surface area contributed by atoms with Gasteiger partial charge in [-0.2, -0.15) is 20.8 Å². The minimum Gasteiger partial charge on any atom is -0.455 e. The monoisotopic (exact) mass is 629 g/mol. The molecular weight excluding hydrogens is 549 g/mol. The first-order chi connectivity index (χ1) is 14.0. The minimum atomic E-state index is -1.41. The lowest BCUT2D eigenvalue weighted by molar-refractivity contribution is -0.121. The second-order valence-electron chi connectivity index (χ2n) is 9.21. The number of azo groups is 1. The molecule has 41 heavy (non-hydrogen) atoms. The maximum atomic E-state index is 11.3. The van der Waals surface area contributed by atoms with Crippen molar-refractivity contribution in [3.8, 4) is 12.1 Å². The van der Waals surface area contributed by atoms with Crippen molar-refractivity contribution in [1.29, 1.82) is 10.5 Å². The Labute approximate surface area is 263 Å². The van der Waals surface area contributed by atoms with E-state index >= 15 is 0 Å². The van der Waals surface area contributed by atoms with Crippen molar-refractivity contribution in [2.24, 2.45) is 10.2 Å². The van der Waals surface area contributed by atoms with Crippen LogP contribution in [0.1, 0.15) is 115 Å². The van der Waals surface area contributed by atoms with Crippen molar-refractivity contribution in [2.75, 3.05) is 20.3 Å². The Kier molecular flexibility index (Phi) is 64.6. The molecule has 9 nitrogen and oxygen atoms in total. The first-order valence-electron chi connectivity index (χ1n) is 10.3. The number of nitriles is 2. The molecule has 0 aliphatic heterocycles. The van der Waals surface area contributed by atoms with Crippen LogP contribution in [-0.2, 0) is 13.7 Å². The minimum absolute atomic E-state index is 0. The lowest BCUT2D eigenvalue weighted by atomic mass is 9.98. The number of hydrogen-bond donors (Lipinski definition) is 2. The maximum Gasteiger partial charge on any atom is 0.223 e. The molecule has 0 aliphatic carbocycles. The third kappa shape index (κ3) is 38.1. The van der Waals surface area contributed by atoms with Crippen LogP contribution in [0.4, 0.5) is 0 Å². The molecule has 0 aromatic carbocycles. The Morgan fingerprint density at radius 1 is 0.756 bits per heavy atom. The summed E-state index contributed by atoms with van der Waals surface area (Å²) >= 11 is 0. The fourth-order valence-electron chi connectivity index (χ4n) is 2.58. The maximum absolute atomic E-state index is 11.3. The summed E-state index contributed by atoms with van der Waals surface area (Å²) in [6.45, 7) is 15.7. The van der Waals surface area contributed by atoms with Crippen LogP contribution in [0.25, 0.3) is 0 Å². The molecule has 0 aliphatic rings. The van der Waals surface area contributed by atoms with Crippen LogP contribution in [0.15, 0.2) is 10.2 Å². The second-order valence-corrected chi connectivity index (χ2v) is 18.1. The van der Waals surface area contributed by atoms with E-state index in [0.29, 0.717) is 0 Å². The number of amides is 1. The Hall–Kier alpha value is -1.93. The molecule has 0 rings (SSSR count). The average molecular weight is 629 g/mol. The summed E-state index contributed by atoms with van der Waals surface area (Å²) < 4.78 is 6.23. The fourth-order valence-corrected chi connectivity index (χ4v) is 10.3. The van der Waals surface area contributed by atoms with Crippen molar-refractivity contribution in [3.63, 3.8) is 0 Å². The molecule has 0 aromatic heterocycles. The molecule has 0 fully saturated rings. The van der Waals surface area contributed by atoms with Crippen LogP contribution in [0.2, 0.25) is 32.2 Å². The van der Waals surface area contributed by atoms with E-state index in [1.165, 1.54) is 33.9 Å². The molecule has 11 heteroatoms. The highest BCUT2D eigenvalue weighted by Crippen LogP contribution is 2.21. The van der Waals surface area contributed by atoms with Crippen molar-refractivity contribution in [3.05, 3.63) is 0 Å². The molecule has 0 radical (unpaired) electrons. The van der Waals surface area contributed by atoms with Crippen LogP contribution in [0.5, 0.6) is 0 Å². The number of carbonyl (C=O) groups excluding carboxylic acids is 2. The molecule has 0 saturated carbocycles. The van der Waals surface area contributed by atoms with Crippen molar-refractivity contribution in [1.82, 2.24) is 10.6 Å². The van der Waals surface area contributed by atoms with Crippen molar-refractivity contribution in [2.45, 2.75) is 158 Å². The summed E-state index contributed by atoms with van der Waals surface area (Å²) in [5.74, 6) is -0.554. The van der Waals surface area contributed by atoms with Gasteiger partial charge in [-0.15, -0.1) is 0 Å². The van der Waals surface area contributed by atoms with Gasteiger partial charge in [0, 0.05) is 19.6 Å². The lowest BCUT2D eigenvalue weighted by Crippen LogP contribution is -2.49. The predicted molar refractivity (Wildman–Crippen MR) is 195 cm³/mol. The molecule has 0 saturated heterocycles. The van der Waals surface area contributed by atoms with Gasteiger partial charge in [0.25, 0.3) is 0 Å². The van der Waals surface area contributed by atoms with Gasteiger partial charge in [0.2, 0.25) is 5.91 Å². The highest BCUT2D eigenvalue weighted by atomic mass is 28.4. The van der Waals surface area contributed by atoms with E-state index in [1.807, 2.05) is 19.2 Å².